The topological polar surface area (TPSA) is 22.1 Å². The van der Waals surface area contributed by atoms with Gasteiger partial charge in [0.2, 0.25) is 0 Å². The zero-order chi connectivity index (χ0) is 19.5. The van der Waals surface area contributed by atoms with Gasteiger partial charge in [-0.1, -0.05) is 58.4 Å². The molecule has 0 saturated carbocycles. The van der Waals surface area contributed by atoms with Gasteiger partial charge in [0, 0.05) is 16.1 Å². The van der Waals surface area contributed by atoms with E-state index in [4.69, 9.17) is 9.72 Å². The van der Waals surface area contributed by atoms with Crippen LogP contribution in [0, 0.1) is 12.7 Å². The van der Waals surface area contributed by atoms with Crippen molar-refractivity contribution < 1.29 is 9.13 Å². The zero-order valence-electron chi connectivity index (χ0n) is 15.5. The molecule has 0 aliphatic carbocycles. The third-order valence-electron chi connectivity index (χ3n) is 4.67. The van der Waals surface area contributed by atoms with Crippen LogP contribution in [0.5, 0.6) is 5.75 Å². The Bertz CT molecular complexity index is 1110. The number of halogens is 2. The lowest BCUT2D eigenvalue weighted by atomic mass is 10.0. The van der Waals surface area contributed by atoms with Crippen LogP contribution in [-0.4, -0.2) is 4.98 Å². The Morgan fingerprint density at radius 3 is 2.43 bits per heavy atom. The quantitative estimate of drug-likeness (QED) is 0.351. The monoisotopic (exact) mass is 435 g/mol. The second-order valence-electron chi connectivity index (χ2n) is 6.82. The third kappa shape index (κ3) is 4.07. The number of nitrogens with zero attached hydrogens (tertiary/aromatic N) is 1. The van der Waals surface area contributed by atoms with E-state index in [1.807, 2.05) is 43.5 Å². The lowest BCUT2D eigenvalue weighted by Gasteiger charge is -2.14. The molecule has 140 valence electrons. The molecule has 0 bridgehead atoms. The van der Waals surface area contributed by atoms with Gasteiger partial charge < -0.3 is 4.74 Å². The molecule has 3 aromatic carbocycles. The maximum atomic E-state index is 13.1. The number of hydrogen-bond donors (Lipinski definition) is 0. The van der Waals surface area contributed by atoms with Crippen molar-refractivity contribution >= 4 is 26.8 Å². The molecular formula is C24H19BrFNO. The molecule has 0 amide bonds. The van der Waals surface area contributed by atoms with E-state index < -0.39 is 0 Å². The molecule has 4 aromatic rings. The van der Waals surface area contributed by atoms with Crippen LogP contribution in [0.4, 0.5) is 4.39 Å². The molecule has 1 aromatic heterocycles. The van der Waals surface area contributed by atoms with E-state index in [9.17, 15) is 4.39 Å². The molecule has 0 aliphatic rings. The summed E-state index contributed by atoms with van der Waals surface area (Å²) in [6, 6.07) is 20.9. The van der Waals surface area contributed by atoms with Gasteiger partial charge in [0.05, 0.1) is 0 Å². The summed E-state index contributed by atoms with van der Waals surface area (Å²) in [4.78, 5) is 4.70. The molecule has 0 atom stereocenters. The zero-order valence-corrected chi connectivity index (χ0v) is 17.0. The Kier molecular flexibility index (Phi) is 5.40. The fourth-order valence-electron chi connectivity index (χ4n) is 3.24. The Morgan fingerprint density at radius 1 is 0.929 bits per heavy atom. The van der Waals surface area contributed by atoms with E-state index in [0.29, 0.717) is 13.0 Å². The van der Waals surface area contributed by atoms with E-state index in [1.54, 1.807) is 12.1 Å². The van der Waals surface area contributed by atoms with Crippen LogP contribution >= 0.6 is 15.9 Å². The van der Waals surface area contributed by atoms with Gasteiger partial charge in [-0.2, -0.15) is 0 Å². The average Bonchev–Trinajstić information content (AvgIpc) is 2.71. The van der Waals surface area contributed by atoms with Crippen molar-refractivity contribution in [3.8, 4) is 5.75 Å². The van der Waals surface area contributed by atoms with Gasteiger partial charge >= 0.3 is 0 Å². The molecule has 0 fully saturated rings. The molecule has 0 unspecified atom stereocenters. The Morgan fingerprint density at radius 2 is 1.68 bits per heavy atom. The van der Waals surface area contributed by atoms with Gasteiger partial charge in [0.15, 0.2) is 0 Å². The third-order valence-corrected chi connectivity index (χ3v) is 5.32. The normalized spacial score (nSPS) is 11.0. The summed E-state index contributed by atoms with van der Waals surface area (Å²) >= 11 is 3.66. The minimum atomic E-state index is -0.223. The molecule has 0 radical (unpaired) electrons. The Hall–Kier alpha value is -2.72. The minimum Gasteiger partial charge on any atom is -0.486 e. The Balaban J connectivity index is 1.66. The van der Waals surface area contributed by atoms with Gasteiger partial charge in [-0.05, 0) is 59.9 Å². The van der Waals surface area contributed by atoms with Gasteiger partial charge in [-0.25, -0.2) is 4.39 Å². The van der Waals surface area contributed by atoms with E-state index in [2.05, 4.69) is 28.1 Å². The summed E-state index contributed by atoms with van der Waals surface area (Å²) in [7, 11) is 0. The molecule has 2 nitrogen and oxygen atoms in total. The number of fused-ring (bicyclic) bond motifs is 1. The van der Waals surface area contributed by atoms with E-state index >= 15 is 0 Å². The lowest BCUT2D eigenvalue weighted by molar-refractivity contribution is 0.307. The number of ether oxygens (including phenoxy) is 1. The van der Waals surface area contributed by atoms with Crippen LogP contribution in [0.1, 0.15) is 22.3 Å². The highest BCUT2D eigenvalue weighted by Crippen LogP contribution is 2.35. The van der Waals surface area contributed by atoms with Crippen molar-refractivity contribution in [1.29, 1.82) is 0 Å². The average molecular weight is 436 g/mol. The summed E-state index contributed by atoms with van der Waals surface area (Å²) in [5.41, 5.74) is 5.11. The second-order valence-corrected chi connectivity index (χ2v) is 7.68. The van der Waals surface area contributed by atoms with Gasteiger partial charge in [0.25, 0.3) is 0 Å². The molecule has 0 spiro atoms. The maximum absolute atomic E-state index is 13.1. The van der Waals surface area contributed by atoms with Crippen LogP contribution < -0.4 is 4.74 Å². The smallest absolute Gasteiger partial charge is 0.149 e. The van der Waals surface area contributed by atoms with Crippen LogP contribution in [0.15, 0.2) is 77.4 Å². The summed E-state index contributed by atoms with van der Waals surface area (Å²) in [6.45, 7) is 2.52. The molecular weight excluding hydrogens is 417 g/mol. The summed E-state index contributed by atoms with van der Waals surface area (Å²) in [5.74, 6) is 0.578. The van der Waals surface area contributed by atoms with Crippen molar-refractivity contribution in [2.45, 2.75) is 20.0 Å². The predicted octanol–water partition coefficient (Wildman–Crippen LogP) is 6.61. The number of pyridine rings is 1. The van der Waals surface area contributed by atoms with Crippen LogP contribution in [0.25, 0.3) is 10.9 Å². The number of aromatic nitrogens is 1. The standard InChI is InChI=1S/C24H19BrFNO/c1-16-11-22(25)21-13-19(12-17-7-9-20(26)10-8-17)14-27-23(21)24(16)28-15-18-5-3-2-4-6-18/h2-11,13-14H,12,15H2,1H3. The molecule has 4 heteroatoms. The summed E-state index contributed by atoms with van der Waals surface area (Å²) in [6.07, 6.45) is 2.57. The van der Waals surface area contributed by atoms with Crippen LogP contribution in [0.3, 0.4) is 0 Å². The molecule has 0 N–H and O–H groups in total. The van der Waals surface area contributed by atoms with E-state index in [0.717, 1.165) is 43.4 Å². The van der Waals surface area contributed by atoms with Crippen molar-refractivity contribution in [3.05, 3.63) is 105 Å². The largest absolute Gasteiger partial charge is 0.486 e. The second kappa shape index (κ2) is 8.11. The van der Waals surface area contributed by atoms with Crippen molar-refractivity contribution in [2.24, 2.45) is 0 Å². The van der Waals surface area contributed by atoms with E-state index in [-0.39, 0.29) is 5.82 Å². The first-order valence-electron chi connectivity index (χ1n) is 9.09. The Labute approximate surface area is 172 Å². The minimum absolute atomic E-state index is 0.223. The highest BCUT2D eigenvalue weighted by molar-refractivity contribution is 9.10. The van der Waals surface area contributed by atoms with E-state index in [1.165, 1.54) is 12.1 Å². The number of aryl methyl sites for hydroxylation is 1. The highest BCUT2D eigenvalue weighted by Gasteiger charge is 2.13. The summed E-state index contributed by atoms with van der Waals surface area (Å²) in [5, 5.41) is 1.01. The fourth-order valence-corrected chi connectivity index (χ4v) is 3.88. The molecule has 1 heterocycles. The molecule has 4 rings (SSSR count). The molecule has 0 saturated heterocycles. The highest BCUT2D eigenvalue weighted by atomic mass is 79.9. The molecule has 0 aliphatic heterocycles. The predicted molar refractivity (Wildman–Crippen MR) is 114 cm³/mol. The number of benzene rings is 3. The number of rotatable bonds is 5. The van der Waals surface area contributed by atoms with Gasteiger partial charge in [0.1, 0.15) is 23.7 Å². The maximum Gasteiger partial charge on any atom is 0.149 e. The fraction of sp³-hybridized carbons (Fsp3) is 0.125. The van der Waals surface area contributed by atoms with Crippen molar-refractivity contribution in [3.63, 3.8) is 0 Å². The lowest BCUT2D eigenvalue weighted by Crippen LogP contribution is -2.00. The van der Waals surface area contributed by atoms with Crippen molar-refractivity contribution in [1.82, 2.24) is 4.98 Å². The first-order chi connectivity index (χ1) is 13.6. The first-order valence-corrected chi connectivity index (χ1v) is 9.88. The van der Waals surface area contributed by atoms with Crippen LogP contribution in [0.2, 0.25) is 0 Å². The first kappa shape index (κ1) is 18.6. The van der Waals surface area contributed by atoms with Crippen molar-refractivity contribution in [2.75, 3.05) is 0 Å². The van der Waals surface area contributed by atoms with Crippen LogP contribution in [-0.2, 0) is 13.0 Å². The number of hydrogen-bond acceptors (Lipinski definition) is 2. The van der Waals surface area contributed by atoms with Gasteiger partial charge in [-0.3, -0.25) is 4.98 Å². The molecule has 28 heavy (non-hydrogen) atoms. The summed E-state index contributed by atoms with van der Waals surface area (Å²) < 4.78 is 20.3. The SMILES string of the molecule is Cc1cc(Br)c2cc(Cc3ccc(F)cc3)cnc2c1OCc1ccccc1. The van der Waals surface area contributed by atoms with Gasteiger partial charge in [-0.15, -0.1) is 0 Å².